The van der Waals surface area contributed by atoms with Gasteiger partial charge in [0.05, 0.1) is 0 Å². The van der Waals surface area contributed by atoms with Gasteiger partial charge in [0.25, 0.3) is 0 Å². The number of hydrogen-bond donors (Lipinski definition) is 0. The van der Waals surface area contributed by atoms with Crippen molar-refractivity contribution < 1.29 is 9.18 Å². The molecule has 0 saturated carbocycles. The van der Waals surface area contributed by atoms with Crippen LogP contribution < -0.4 is 0 Å². The Balaban J connectivity index is 2.54. The molecular formula is C17H26FNO. The number of nitrogens with zero attached hydrogens (tertiary/aromatic N) is 1. The summed E-state index contributed by atoms with van der Waals surface area (Å²) in [6, 6.07) is 6.69. The third kappa shape index (κ3) is 5.32. The standard InChI is InChI=1S/C17H26FNO/c1-4-6-13-19(14(3)5-2)17(20)12-9-15-7-10-16(18)11-8-15/h7-8,10-11,14H,4-6,9,12-13H2,1-3H3. The van der Waals surface area contributed by atoms with E-state index in [-0.39, 0.29) is 11.7 Å². The van der Waals surface area contributed by atoms with Crippen molar-refractivity contribution in [2.24, 2.45) is 0 Å². The molecule has 0 bridgehead atoms. The van der Waals surface area contributed by atoms with E-state index in [1.807, 2.05) is 4.90 Å². The fraction of sp³-hybridized carbons (Fsp3) is 0.588. The Kier molecular flexibility index (Phi) is 7.27. The van der Waals surface area contributed by atoms with Gasteiger partial charge < -0.3 is 4.90 Å². The smallest absolute Gasteiger partial charge is 0.223 e. The predicted molar refractivity (Wildman–Crippen MR) is 81.1 cm³/mol. The number of carbonyl (C=O) groups is 1. The van der Waals surface area contributed by atoms with Gasteiger partial charge in [0.2, 0.25) is 5.91 Å². The summed E-state index contributed by atoms with van der Waals surface area (Å²) in [5, 5.41) is 0. The molecule has 0 aliphatic carbocycles. The van der Waals surface area contributed by atoms with E-state index in [0.717, 1.165) is 31.4 Å². The van der Waals surface area contributed by atoms with Crippen molar-refractivity contribution in [2.75, 3.05) is 6.54 Å². The van der Waals surface area contributed by atoms with Gasteiger partial charge in [0.15, 0.2) is 0 Å². The predicted octanol–water partition coefficient (Wildman–Crippen LogP) is 4.19. The van der Waals surface area contributed by atoms with E-state index in [2.05, 4.69) is 20.8 Å². The van der Waals surface area contributed by atoms with E-state index in [4.69, 9.17) is 0 Å². The molecule has 0 fully saturated rings. The molecule has 1 aromatic rings. The van der Waals surface area contributed by atoms with Crippen LogP contribution >= 0.6 is 0 Å². The van der Waals surface area contributed by atoms with Gasteiger partial charge >= 0.3 is 0 Å². The van der Waals surface area contributed by atoms with Crippen LogP contribution in [0.1, 0.15) is 52.0 Å². The van der Waals surface area contributed by atoms with Crippen LogP contribution in [-0.4, -0.2) is 23.4 Å². The van der Waals surface area contributed by atoms with Crippen LogP contribution in [0.3, 0.4) is 0 Å². The molecule has 0 radical (unpaired) electrons. The van der Waals surface area contributed by atoms with Crippen LogP contribution in [0, 0.1) is 5.82 Å². The molecular weight excluding hydrogens is 253 g/mol. The summed E-state index contributed by atoms with van der Waals surface area (Å²) < 4.78 is 12.8. The molecule has 0 N–H and O–H groups in total. The highest BCUT2D eigenvalue weighted by Gasteiger charge is 2.17. The Morgan fingerprint density at radius 2 is 1.90 bits per heavy atom. The quantitative estimate of drug-likeness (QED) is 0.699. The normalized spacial score (nSPS) is 12.2. The summed E-state index contributed by atoms with van der Waals surface area (Å²) >= 11 is 0. The topological polar surface area (TPSA) is 20.3 Å². The Bertz CT molecular complexity index is 402. The molecule has 0 spiro atoms. The molecule has 112 valence electrons. The number of carbonyl (C=O) groups excluding carboxylic acids is 1. The summed E-state index contributed by atoms with van der Waals surface area (Å²) in [5.74, 6) is -0.0265. The highest BCUT2D eigenvalue weighted by atomic mass is 19.1. The number of amides is 1. The van der Waals surface area contributed by atoms with E-state index < -0.39 is 0 Å². The highest BCUT2D eigenvalue weighted by Crippen LogP contribution is 2.11. The first-order chi connectivity index (χ1) is 9.58. The van der Waals surface area contributed by atoms with Gasteiger partial charge in [0, 0.05) is 19.0 Å². The maximum Gasteiger partial charge on any atom is 0.223 e. The van der Waals surface area contributed by atoms with Gasteiger partial charge in [-0.25, -0.2) is 4.39 Å². The number of halogens is 1. The molecule has 2 nitrogen and oxygen atoms in total. The maximum atomic E-state index is 12.8. The number of hydrogen-bond acceptors (Lipinski definition) is 1. The van der Waals surface area contributed by atoms with E-state index in [0.29, 0.717) is 18.9 Å². The lowest BCUT2D eigenvalue weighted by Crippen LogP contribution is -2.39. The fourth-order valence-electron chi connectivity index (χ4n) is 2.19. The molecule has 1 rings (SSSR count). The van der Waals surface area contributed by atoms with Gasteiger partial charge in [-0.3, -0.25) is 4.79 Å². The van der Waals surface area contributed by atoms with Crippen LogP contribution in [-0.2, 0) is 11.2 Å². The van der Waals surface area contributed by atoms with E-state index >= 15 is 0 Å². The second kappa shape index (κ2) is 8.72. The monoisotopic (exact) mass is 279 g/mol. The number of aryl methyl sites for hydroxylation is 1. The molecule has 1 amide bonds. The highest BCUT2D eigenvalue weighted by molar-refractivity contribution is 5.76. The first-order valence-electron chi connectivity index (χ1n) is 7.62. The Morgan fingerprint density at radius 3 is 2.45 bits per heavy atom. The fourth-order valence-corrected chi connectivity index (χ4v) is 2.19. The lowest BCUT2D eigenvalue weighted by Gasteiger charge is -2.28. The SMILES string of the molecule is CCCCN(C(=O)CCc1ccc(F)cc1)C(C)CC. The van der Waals surface area contributed by atoms with Crippen LogP contribution in [0.25, 0.3) is 0 Å². The molecule has 0 saturated heterocycles. The van der Waals surface area contributed by atoms with Crippen molar-refractivity contribution in [1.82, 2.24) is 4.90 Å². The molecule has 1 unspecified atom stereocenters. The largest absolute Gasteiger partial charge is 0.340 e. The first kappa shape index (κ1) is 16.7. The van der Waals surface area contributed by atoms with Crippen molar-refractivity contribution >= 4 is 5.91 Å². The van der Waals surface area contributed by atoms with Gasteiger partial charge in [0.1, 0.15) is 5.82 Å². The molecule has 0 heterocycles. The van der Waals surface area contributed by atoms with Gasteiger partial charge in [-0.05, 0) is 43.9 Å². The lowest BCUT2D eigenvalue weighted by molar-refractivity contribution is -0.133. The van der Waals surface area contributed by atoms with Crippen LogP contribution in [0.15, 0.2) is 24.3 Å². The third-order valence-corrected chi connectivity index (χ3v) is 3.74. The second-order valence-corrected chi connectivity index (χ2v) is 5.32. The summed E-state index contributed by atoms with van der Waals surface area (Å²) in [6.07, 6.45) is 4.30. The van der Waals surface area contributed by atoms with E-state index in [9.17, 15) is 9.18 Å². The zero-order valence-corrected chi connectivity index (χ0v) is 12.9. The third-order valence-electron chi connectivity index (χ3n) is 3.74. The van der Waals surface area contributed by atoms with Crippen LogP contribution in [0.5, 0.6) is 0 Å². The Hall–Kier alpha value is -1.38. The minimum absolute atomic E-state index is 0.206. The molecule has 3 heteroatoms. The van der Waals surface area contributed by atoms with Crippen molar-refractivity contribution in [3.63, 3.8) is 0 Å². The van der Waals surface area contributed by atoms with Crippen LogP contribution in [0.2, 0.25) is 0 Å². The molecule has 0 aliphatic heterocycles. The van der Waals surface area contributed by atoms with Crippen LogP contribution in [0.4, 0.5) is 4.39 Å². The lowest BCUT2D eigenvalue weighted by atomic mass is 10.1. The van der Waals surface area contributed by atoms with E-state index in [1.165, 1.54) is 12.1 Å². The summed E-state index contributed by atoms with van der Waals surface area (Å²) in [7, 11) is 0. The Labute approximate surface area is 122 Å². The number of unbranched alkanes of at least 4 members (excludes halogenated alkanes) is 1. The number of rotatable bonds is 8. The zero-order valence-electron chi connectivity index (χ0n) is 12.9. The average molecular weight is 279 g/mol. The van der Waals surface area contributed by atoms with Gasteiger partial charge in [-0.2, -0.15) is 0 Å². The summed E-state index contributed by atoms with van der Waals surface area (Å²) in [6.45, 7) is 7.19. The van der Waals surface area contributed by atoms with Gasteiger partial charge in [-0.1, -0.05) is 32.4 Å². The zero-order chi connectivity index (χ0) is 15.0. The molecule has 0 aromatic heterocycles. The van der Waals surface area contributed by atoms with Crippen molar-refractivity contribution in [1.29, 1.82) is 0 Å². The minimum Gasteiger partial charge on any atom is -0.340 e. The average Bonchev–Trinajstić information content (AvgIpc) is 2.46. The first-order valence-corrected chi connectivity index (χ1v) is 7.62. The molecule has 1 aromatic carbocycles. The summed E-state index contributed by atoms with van der Waals surface area (Å²) in [4.78, 5) is 14.3. The number of benzene rings is 1. The van der Waals surface area contributed by atoms with E-state index in [1.54, 1.807) is 12.1 Å². The maximum absolute atomic E-state index is 12.8. The molecule has 1 atom stereocenters. The molecule has 0 aliphatic rings. The van der Waals surface area contributed by atoms with Crippen molar-refractivity contribution in [3.8, 4) is 0 Å². The summed E-state index contributed by atoms with van der Waals surface area (Å²) in [5.41, 5.74) is 1.01. The minimum atomic E-state index is -0.232. The van der Waals surface area contributed by atoms with Crippen molar-refractivity contribution in [2.45, 2.75) is 58.9 Å². The Morgan fingerprint density at radius 1 is 1.25 bits per heavy atom. The molecule has 20 heavy (non-hydrogen) atoms. The van der Waals surface area contributed by atoms with Gasteiger partial charge in [-0.15, -0.1) is 0 Å². The second-order valence-electron chi connectivity index (χ2n) is 5.32. The van der Waals surface area contributed by atoms with Crippen molar-refractivity contribution in [3.05, 3.63) is 35.6 Å².